The van der Waals surface area contributed by atoms with Crippen molar-refractivity contribution < 1.29 is 8.78 Å². The van der Waals surface area contributed by atoms with Crippen LogP contribution in [0.25, 0.3) is 11.5 Å². The second kappa shape index (κ2) is 6.96. The fourth-order valence-electron chi connectivity index (χ4n) is 3.90. The molecule has 7 nitrogen and oxygen atoms in total. The number of imidazole rings is 1. The Morgan fingerprint density at radius 1 is 1.43 bits per heavy atom. The summed E-state index contributed by atoms with van der Waals surface area (Å²) >= 11 is 0. The monoisotopic (exact) mass is 387 g/mol. The highest BCUT2D eigenvalue weighted by atomic mass is 19.3. The van der Waals surface area contributed by atoms with Crippen LogP contribution >= 0.6 is 0 Å². The molecule has 28 heavy (non-hydrogen) atoms. The van der Waals surface area contributed by atoms with E-state index in [-0.39, 0.29) is 18.8 Å². The third kappa shape index (κ3) is 3.61. The van der Waals surface area contributed by atoms with Gasteiger partial charge in [0.05, 0.1) is 41.2 Å². The molecule has 0 aliphatic heterocycles. The maximum atomic E-state index is 14.1. The van der Waals surface area contributed by atoms with Crippen LogP contribution in [0.2, 0.25) is 0 Å². The van der Waals surface area contributed by atoms with E-state index in [1.807, 2.05) is 20.0 Å². The van der Waals surface area contributed by atoms with Gasteiger partial charge in [-0.05, 0) is 31.7 Å². The van der Waals surface area contributed by atoms with E-state index >= 15 is 0 Å². The molecule has 3 aromatic rings. The number of alkyl halides is 2. The summed E-state index contributed by atoms with van der Waals surface area (Å²) in [5.41, 5.74) is 2.80. The maximum absolute atomic E-state index is 14.1. The quantitative estimate of drug-likeness (QED) is 0.727. The van der Waals surface area contributed by atoms with E-state index in [2.05, 4.69) is 32.1 Å². The van der Waals surface area contributed by atoms with Gasteiger partial charge in [-0.1, -0.05) is 6.58 Å². The second-order valence-electron chi connectivity index (χ2n) is 7.46. The van der Waals surface area contributed by atoms with Crippen molar-refractivity contribution in [3.05, 3.63) is 48.3 Å². The Hall–Kier alpha value is -2.84. The minimum Gasteiger partial charge on any atom is -0.375 e. The van der Waals surface area contributed by atoms with E-state index < -0.39 is 12.0 Å². The summed E-state index contributed by atoms with van der Waals surface area (Å²) in [7, 11) is 1.81. The van der Waals surface area contributed by atoms with Crippen molar-refractivity contribution in [2.24, 2.45) is 13.0 Å². The van der Waals surface area contributed by atoms with E-state index in [1.165, 1.54) is 0 Å². The molecule has 0 aromatic carbocycles. The first-order valence-electron chi connectivity index (χ1n) is 9.33. The molecule has 1 fully saturated rings. The fraction of sp³-hybridized carbons (Fsp3) is 0.474. The molecule has 4 rings (SSSR count). The Morgan fingerprint density at radius 3 is 2.96 bits per heavy atom. The van der Waals surface area contributed by atoms with E-state index in [1.54, 1.807) is 27.8 Å². The van der Waals surface area contributed by atoms with Crippen LogP contribution in [0.1, 0.15) is 48.8 Å². The molecule has 0 radical (unpaired) electrons. The second-order valence-corrected chi connectivity index (χ2v) is 7.46. The van der Waals surface area contributed by atoms with Gasteiger partial charge in [0.15, 0.2) is 0 Å². The molecule has 0 bridgehead atoms. The Bertz CT molecular complexity index is 1010. The van der Waals surface area contributed by atoms with E-state index in [4.69, 9.17) is 0 Å². The molecule has 3 heterocycles. The average molecular weight is 387 g/mol. The summed E-state index contributed by atoms with van der Waals surface area (Å²) in [5.74, 6) is -2.50. The van der Waals surface area contributed by atoms with E-state index in [9.17, 15) is 8.78 Å². The van der Waals surface area contributed by atoms with Gasteiger partial charge in [-0.25, -0.2) is 23.3 Å². The van der Waals surface area contributed by atoms with Crippen LogP contribution in [0.3, 0.4) is 0 Å². The molecule has 1 aliphatic rings. The summed E-state index contributed by atoms with van der Waals surface area (Å²) < 4.78 is 31.6. The minimum atomic E-state index is -2.66. The van der Waals surface area contributed by atoms with Gasteiger partial charge in [0, 0.05) is 26.1 Å². The Labute approximate surface area is 161 Å². The van der Waals surface area contributed by atoms with Gasteiger partial charge in [0.2, 0.25) is 5.92 Å². The first kappa shape index (κ1) is 18.5. The van der Waals surface area contributed by atoms with Gasteiger partial charge < -0.3 is 5.32 Å². The fourth-order valence-corrected chi connectivity index (χ4v) is 3.90. The van der Waals surface area contributed by atoms with E-state index in [0.717, 1.165) is 11.4 Å². The van der Waals surface area contributed by atoms with Crippen molar-refractivity contribution in [3.63, 3.8) is 0 Å². The topological polar surface area (TPSA) is 72.9 Å². The highest BCUT2D eigenvalue weighted by Crippen LogP contribution is 2.42. The van der Waals surface area contributed by atoms with Gasteiger partial charge in [-0.3, -0.25) is 4.68 Å². The molecule has 1 saturated carbocycles. The van der Waals surface area contributed by atoms with Crippen molar-refractivity contribution >= 4 is 11.5 Å². The zero-order valence-electron chi connectivity index (χ0n) is 15.9. The summed E-state index contributed by atoms with van der Waals surface area (Å²) in [6, 6.07) is 1.41. The highest BCUT2D eigenvalue weighted by molar-refractivity contribution is 5.58. The number of hydrogen-bond donors (Lipinski definition) is 1. The number of aromatic nitrogens is 6. The molecule has 3 aromatic heterocycles. The summed E-state index contributed by atoms with van der Waals surface area (Å²) in [6.07, 6.45) is 6.00. The Kier molecular flexibility index (Phi) is 4.60. The normalized spacial score (nSPS) is 20.2. The number of rotatable bonds is 5. The van der Waals surface area contributed by atoms with Crippen molar-refractivity contribution in [2.45, 2.75) is 44.6 Å². The molecule has 0 saturated heterocycles. The average Bonchev–Trinajstić information content (AvgIpc) is 3.24. The Balaban J connectivity index is 1.69. The Morgan fingerprint density at radius 2 is 2.25 bits per heavy atom. The number of nitrogens with zero attached hydrogens (tertiary/aromatic N) is 6. The molecular weight excluding hydrogens is 364 g/mol. The van der Waals surface area contributed by atoms with Crippen molar-refractivity contribution in [1.82, 2.24) is 34.7 Å². The molecule has 1 aliphatic carbocycles. The van der Waals surface area contributed by atoms with Crippen LogP contribution in [0.5, 0.6) is 0 Å². The van der Waals surface area contributed by atoms with Crippen LogP contribution in [-0.2, 0) is 7.05 Å². The predicted molar refractivity (Wildman–Crippen MR) is 101 cm³/mol. The van der Waals surface area contributed by atoms with Crippen molar-refractivity contribution in [1.29, 1.82) is 0 Å². The van der Waals surface area contributed by atoms with Crippen LogP contribution in [0, 0.1) is 12.8 Å². The zero-order valence-corrected chi connectivity index (χ0v) is 15.9. The first-order chi connectivity index (χ1) is 13.3. The molecule has 0 amide bonds. The van der Waals surface area contributed by atoms with Gasteiger partial charge in [0.1, 0.15) is 0 Å². The van der Waals surface area contributed by atoms with Crippen LogP contribution in [-0.4, -0.2) is 35.3 Å². The molecule has 1 N–H and O–H groups in total. The molecule has 9 heteroatoms. The van der Waals surface area contributed by atoms with Gasteiger partial charge in [-0.15, -0.1) is 0 Å². The molecule has 2 unspecified atom stereocenters. The first-order valence-corrected chi connectivity index (χ1v) is 9.33. The van der Waals surface area contributed by atoms with Crippen molar-refractivity contribution in [3.8, 4) is 0 Å². The van der Waals surface area contributed by atoms with Crippen LogP contribution in [0.4, 0.5) is 8.78 Å². The number of nitrogens with one attached hydrogen (secondary N) is 1. The summed E-state index contributed by atoms with van der Waals surface area (Å²) in [5, 5.41) is 11.9. The highest BCUT2D eigenvalue weighted by Gasteiger charge is 2.40. The lowest BCUT2D eigenvalue weighted by atomic mass is 9.80. The SMILES string of the molecule is C=C(NC(c1cn2nc(C)cnc2n1)C1CCCC(F)(F)C1)c1ccnn1C. The maximum Gasteiger partial charge on any atom is 0.250 e. The third-order valence-electron chi connectivity index (χ3n) is 5.25. The molecule has 0 spiro atoms. The van der Waals surface area contributed by atoms with Gasteiger partial charge >= 0.3 is 0 Å². The number of aryl methyl sites for hydroxylation is 2. The number of halogens is 2. The number of fused-ring (bicyclic) bond motifs is 1. The zero-order chi connectivity index (χ0) is 19.9. The van der Waals surface area contributed by atoms with Crippen LogP contribution in [0.15, 0.2) is 31.2 Å². The molecule has 148 valence electrons. The third-order valence-corrected chi connectivity index (χ3v) is 5.25. The van der Waals surface area contributed by atoms with E-state index in [0.29, 0.717) is 30.0 Å². The largest absolute Gasteiger partial charge is 0.375 e. The summed E-state index contributed by atoms with van der Waals surface area (Å²) in [4.78, 5) is 8.83. The van der Waals surface area contributed by atoms with Gasteiger partial charge in [0.25, 0.3) is 5.78 Å². The lowest BCUT2D eigenvalue weighted by Crippen LogP contribution is -2.35. The lowest BCUT2D eigenvalue weighted by molar-refractivity contribution is -0.0577. The minimum absolute atomic E-state index is 0.0631. The standard InChI is InChI=1S/C19H23F2N7/c1-12-10-22-18-25-15(11-28(18)26-12)17(14-5-4-7-19(20,21)9-14)24-13(2)16-6-8-23-27(16)3/h6,8,10-11,14,17,24H,2,4-5,7,9H2,1,3H3. The summed E-state index contributed by atoms with van der Waals surface area (Å²) in [6.45, 7) is 5.94. The van der Waals surface area contributed by atoms with Gasteiger partial charge in [-0.2, -0.15) is 10.2 Å². The lowest BCUT2D eigenvalue weighted by Gasteiger charge is -2.34. The predicted octanol–water partition coefficient (Wildman–Crippen LogP) is 3.29. The molecule has 2 atom stereocenters. The molecular formula is C19H23F2N7. The smallest absolute Gasteiger partial charge is 0.250 e. The van der Waals surface area contributed by atoms with Crippen LogP contribution < -0.4 is 5.32 Å². The number of hydrogen-bond acceptors (Lipinski definition) is 5. The van der Waals surface area contributed by atoms with Crippen molar-refractivity contribution in [2.75, 3.05) is 0 Å².